The van der Waals surface area contributed by atoms with Gasteiger partial charge in [-0.05, 0) is 49.3 Å². The van der Waals surface area contributed by atoms with Gasteiger partial charge in [0.15, 0.2) is 0 Å². The number of carbonyl (C=O) groups excluding carboxylic acids is 1. The van der Waals surface area contributed by atoms with Crippen molar-refractivity contribution >= 4 is 5.78 Å². The maximum Gasteiger partial charge on any atom is 0.140 e. The molecule has 1 aliphatic rings. The van der Waals surface area contributed by atoms with Crippen LogP contribution >= 0.6 is 0 Å². The molecule has 1 nitrogen and oxygen atoms in total. The third kappa shape index (κ3) is 2.59. The summed E-state index contributed by atoms with van der Waals surface area (Å²) < 4.78 is 0. The van der Waals surface area contributed by atoms with E-state index in [1.165, 1.54) is 29.5 Å². The molecule has 1 heteroatoms. The van der Waals surface area contributed by atoms with Crippen molar-refractivity contribution in [2.75, 3.05) is 0 Å². The average Bonchev–Trinajstić information content (AvgIpc) is 2.70. The summed E-state index contributed by atoms with van der Waals surface area (Å²) in [6, 6.07) is 6.28. The fourth-order valence-electron chi connectivity index (χ4n) is 3.06. The van der Waals surface area contributed by atoms with Gasteiger partial charge in [-0.2, -0.15) is 0 Å². The number of ketones is 1. The molecule has 1 fully saturated rings. The largest absolute Gasteiger partial charge is 0.299 e. The van der Waals surface area contributed by atoms with Crippen LogP contribution in [0.15, 0.2) is 18.2 Å². The Morgan fingerprint density at radius 3 is 2.41 bits per heavy atom. The predicted molar refractivity (Wildman–Crippen MR) is 71.1 cm³/mol. The van der Waals surface area contributed by atoms with Gasteiger partial charge < -0.3 is 0 Å². The Kier molecular flexibility index (Phi) is 3.66. The summed E-state index contributed by atoms with van der Waals surface area (Å²) in [5.41, 5.74) is 3.75. The Balaban J connectivity index is 2.13. The van der Waals surface area contributed by atoms with E-state index in [4.69, 9.17) is 0 Å². The fourth-order valence-corrected chi connectivity index (χ4v) is 3.06. The number of rotatable bonds is 3. The monoisotopic (exact) mass is 230 g/mol. The molecule has 0 aromatic heterocycles. The lowest BCUT2D eigenvalue weighted by atomic mass is 9.88. The van der Waals surface area contributed by atoms with Gasteiger partial charge in [0.1, 0.15) is 5.78 Å². The van der Waals surface area contributed by atoms with Crippen LogP contribution in [0.3, 0.4) is 0 Å². The van der Waals surface area contributed by atoms with Gasteiger partial charge in [0.25, 0.3) is 0 Å². The molecule has 1 saturated carbocycles. The van der Waals surface area contributed by atoms with E-state index in [0.29, 0.717) is 24.0 Å². The molecule has 0 amide bonds. The van der Waals surface area contributed by atoms with Crippen LogP contribution in [-0.2, 0) is 11.2 Å². The van der Waals surface area contributed by atoms with Crippen LogP contribution in [0.4, 0.5) is 0 Å². The quantitative estimate of drug-likeness (QED) is 0.770. The molecule has 2 unspecified atom stereocenters. The number of Topliss-reactive ketones (excluding diaryl/α,β-unsaturated/α-hetero) is 1. The first kappa shape index (κ1) is 12.3. The minimum Gasteiger partial charge on any atom is -0.299 e. The third-order valence-electron chi connectivity index (χ3n) is 4.27. The van der Waals surface area contributed by atoms with Gasteiger partial charge in [-0.1, -0.05) is 31.5 Å². The second-order valence-electron chi connectivity index (χ2n) is 5.53. The highest BCUT2D eigenvalue weighted by Crippen LogP contribution is 2.33. The molecule has 2 rings (SSSR count). The van der Waals surface area contributed by atoms with Crippen LogP contribution in [-0.4, -0.2) is 5.78 Å². The molecule has 0 bridgehead atoms. The number of hydrogen-bond donors (Lipinski definition) is 0. The second-order valence-corrected chi connectivity index (χ2v) is 5.53. The normalized spacial score (nSPS) is 23.9. The molecule has 17 heavy (non-hydrogen) atoms. The molecule has 0 saturated heterocycles. The molecule has 1 aliphatic carbocycles. The Morgan fingerprint density at radius 2 is 1.88 bits per heavy atom. The van der Waals surface area contributed by atoms with Crippen LogP contribution in [0.5, 0.6) is 0 Å². The van der Waals surface area contributed by atoms with Crippen molar-refractivity contribution in [3.05, 3.63) is 34.9 Å². The van der Waals surface area contributed by atoms with E-state index in [-0.39, 0.29) is 0 Å². The summed E-state index contributed by atoms with van der Waals surface area (Å²) in [5, 5.41) is 0. The second kappa shape index (κ2) is 5.03. The molecule has 0 N–H and O–H groups in total. The first-order valence-corrected chi connectivity index (χ1v) is 6.67. The zero-order valence-electron chi connectivity index (χ0n) is 11.1. The maximum atomic E-state index is 12.3. The summed E-state index contributed by atoms with van der Waals surface area (Å²) >= 11 is 0. The molecular formula is C16H22O. The van der Waals surface area contributed by atoms with E-state index in [9.17, 15) is 4.79 Å². The summed E-state index contributed by atoms with van der Waals surface area (Å²) in [4.78, 5) is 12.3. The van der Waals surface area contributed by atoms with Gasteiger partial charge in [0.05, 0.1) is 0 Å². The van der Waals surface area contributed by atoms with Gasteiger partial charge in [-0.15, -0.1) is 0 Å². The molecule has 2 atom stereocenters. The highest BCUT2D eigenvalue weighted by Gasteiger charge is 2.29. The molecule has 0 spiro atoms. The first-order chi connectivity index (χ1) is 8.09. The number of aryl methyl sites for hydroxylation is 2. The third-order valence-corrected chi connectivity index (χ3v) is 4.27. The highest BCUT2D eigenvalue weighted by molar-refractivity contribution is 5.84. The first-order valence-electron chi connectivity index (χ1n) is 6.67. The van der Waals surface area contributed by atoms with Crippen LogP contribution < -0.4 is 0 Å². The Labute approximate surface area is 104 Å². The minimum absolute atomic E-state index is 0.314. The maximum absolute atomic E-state index is 12.3. The van der Waals surface area contributed by atoms with Crippen LogP contribution in [0.25, 0.3) is 0 Å². The summed E-state index contributed by atoms with van der Waals surface area (Å²) in [7, 11) is 0. The van der Waals surface area contributed by atoms with Gasteiger partial charge in [-0.3, -0.25) is 4.79 Å². The number of hydrogen-bond acceptors (Lipinski definition) is 1. The molecule has 1 aromatic carbocycles. The van der Waals surface area contributed by atoms with Gasteiger partial charge >= 0.3 is 0 Å². The Hall–Kier alpha value is -1.11. The Bertz CT molecular complexity index is 399. The SMILES string of the molecule is Cc1cccc(C)c1CC(=O)C1CCCC1C. The topological polar surface area (TPSA) is 17.1 Å². The lowest BCUT2D eigenvalue weighted by Crippen LogP contribution is -2.19. The summed E-state index contributed by atoms with van der Waals surface area (Å²) in [6.07, 6.45) is 4.19. The summed E-state index contributed by atoms with van der Waals surface area (Å²) in [5.74, 6) is 1.35. The van der Waals surface area contributed by atoms with Crippen LogP contribution in [0, 0.1) is 25.7 Å². The van der Waals surface area contributed by atoms with Crippen molar-refractivity contribution in [3.63, 3.8) is 0 Å². The van der Waals surface area contributed by atoms with E-state index < -0.39 is 0 Å². The molecule has 1 aromatic rings. The molecule has 0 heterocycles. The molecule has 0 aliphatic heterocycles. The Morgan fingerprint density at radius 1 is 1.24 bits per heavy atom. The van der Waals surface area contributed by atoms with Gasteiger partial charge in [0.2, 0.25) is 0 Å². The molecule has 0 radical (unpaired) electrons. The lowest BCUT2D eigenvalue weighted by Gasteiger charge is -2.16. The van der Waals surface area contributed by atoms with Crippen molar-refractivity contribution < 1.29 is 4.79 Å². The zero-order chi connectivity index (χ0) is 12.4. The fraction of sp³-hybridized carbons (Fsp3) is 0.562. The van der Waals surface area contributed by atoms with E-state index in [2.05, 4.69) is 39.0 Å². The summed E-state index contributed by atoms with van der Waals surface area (Å²) in [6.45, 7) is 6.43. The van der Waals surface area contributed by atoms with E-state index in [0.717, 1.165) is 6.42 Å². The van der Waals surface area contributed by atoms with E-state index in [1.54, 1.807) is 0 Å². The standard InChI is InChI=1S/C16H22O/c1-11-8-5-9-14(11)16(17)10-15-12(2)6-4-7-13(15)3/h4,6-7,11,14H,5,8-10H2,1-3H3. The number of benzene rings is 1. The van der Waals surface area contributed by atoms with Crippen molar-refractivity contribution in [3.8, 4) is 0 Å². The van der Waals surface area contributed by atoms with Crippen molar-refractivity contribution in [2.45, 2.75) is 46.5 Å². The predicted octanol–water partition coefficient (Wildman–Crippen LogP) is 3.85. The van der Waals surface area contributed by atoms with Crippen molar-refractivity contribution in [2.24, 2.45) is 11.8 Å². The van der Waals surface area contributed by atoms with E-state index >= 15 is 0 Å². The van der Waals surface area contributed by atoms with Crippen molar-refractivity contribution in [1.29, 1.82) is 0 Å². The highest BCUT2D eigenvalue weighted by atomic mass is 16.1. The zero-order valence-corrected chi connectivity index (χ0v) is 11.1. The lowest BCUT2D eigenvalue weighted by molar-refractivity contribution is -0.123. The molecule has 92 valence electrons. The number of carbonyl (C=O) groups is 1. The van der Waals surface area contributed by atoms with Crippen LogP contribution in [0.2, 0.25) is 0 Å². The van der Waals surface area contributed by atoms with Crippen LogP contribution in [0.1, 0.15) is 42.9 Å². The van der Waals surface area contributed by atoms with Gasteiger partial charge in [-0.25, -0.2) is 0 Å². The average molecular weight is 230 g/mol. The smallest absolute Gasteiger partial charge is 0.140 e. The minimum atomic E-state index is 0.314. The molecular weight excluding hydrogens is 208 g/mol. The van der Waals surface area contributed by atoms with Gasteiger partial charge in [0, 0.05) is 12.3 Å². The van der Waals surface area contributed by atoms with Crippen molar-refractivity contribution in [1.82, 2.24) is 0 Å². The van der Waals surface area contributed by atoms with E-state index in [1.807, 2.05) is 0 Å².